The molecule has 0 fully saturated rings. The number of anilines is 2. The zero-order chi connectivity index (χ0) is 22.8. The molecule has 0 aliphatic carbocycles. The van der Waals surface area contributed by atoms with E-state index < -0.39 is 6.04 Å². The van der Waals surface area contributed by atoms with E-state index in [1.807, 2.05) is 64.1 Å². The minimum absolute atomic E-state index is 0.207. The van der Waals surface area contributed by atoms with E-state index >= 15 is 0 Å². The summed E-state index contributed by atoms with van der Waals surface area (Å²) >= 11 is 0. The van der Waals surface area contributed by atoms with Crippen LogP contribution in [0.3, 0.4) is 0 Å². The van der Waals surface area contributed by atoms with Gasteiger partial charge in [0.2, 0.25) is 5.95 Å². The van der Waals surface area contributed by atoms with Crippen LogP contribution in [-0.2, 0) is 4.79 Å². The summed E-state index contributed by atoms with van der Waals surface area (Å²) in [5.41, 5.74) is 5.01. The maximum absolute atomic E-state index is 13.5. The minimum atomic E-state index is -0.482. The summed E-state index contributed by atoms with van der Waals surface area (Å²) in [6, 6.07) is 11.1. The highest BCUT2D eigenvalue weighted by molar-refractivity contribution is 6.06. The first-order chi connectivity index (χ1) is 15.4. The van der Waals surface area contributed by atoms with Crippen LogP contribution in [0.1, 0.15) is 36.6 Å². The van der Waals surface area contributed by atoms with Crippen molar-refractivity contribution in [1.29, 1.82) is 0 Å². The summed E-state index contributed by atoms with van der Waals surface area (Å²) in [4.78, 5) is 17.8. The molecule has 1 amide bonds. The number of ether oxygens (including phenoxy) is 2. The molecule has 8 heteroatoms. The fourth-order valence-electron chi connectivity index (χ4n) is 3.97. The van der Waals surface area contributed by atoms with Gasteiger partial charge in [0.05, 0.1) is 19.3 Å². The van der Waals surface area contributed by atoms with Gasteiger partial charge in [0.15, 0.2) is 11.5 Å². The molecule has 1 aliphatic heterocycles. The molecule has 0 saturated carbocycles. The van der Waals surface area contributed by atoms with Crippen LogP contribution in [0.5, 0.6) is 11.5 Å². The highest BCUT2D eigenvalue weighted by Crippen LogP contribution is 2.39. The summed E-state index contributed by atoms with van der Waals surface area (Å²) in [6.07, 6.45) is 1.47. The fourth-order valence-corrected chi connectivity index (χ4v) is 3.97. The van der Waals surface area contributed by atoms with Crippen molar-refractivity contribution < 1.29 is 14.3 Å². The maximum atomic E-state index is 13.5. The van der Waals surface area contributed by atoms with Gasteiger partial charge in [-0.2, -0.15) is 10.1 Å². The third-order valence-electron chi connectivity index (χ3n) is 5.47. The first kappa shape index (κ1) is 21.4. The van der Waals surface area contributed by atoms with E-state index in [4.69, 9.17) is 9.47 Å². The SMILES string of the molecule is CCOc1ccc(C2C(C(=O)Nc3ccc(C)cc3C)=C(C)Nc3ncnn32)cc1OC. The van der Waals surface area contributed by atoms with Crippen molar-refractivity contribution in [2.45, 2.75) is 33.7 Å². The topological polar surface area (TPSA) is 90.3 Å². The van der Waals surface area contributed by atoms with Gasteiger partial charge in [-0.1, -0.05) is 23.8 Å². The van der Waals surface area contributed by atoms with Crippen molar-refractivity contribution in [3.63, 3.8) is 0 Å². The van der Waals surface area contributed by atoms with Crippen molar-refractivity contribution >= 4 is 17.5 Å². The molecule has 0 radical (unpaired) electrons. The van der Waals surface area contributed by atoms with Crippen molar-refractivity contribution in [3.8, 4) is 11.5 Å². The van der Waals surface area contributed by atoms with E-state index in [-0.39, 0.29) is 5.91 Å². The summed E-state index contributed by atoms with van der Waals surface area (Å²) in [5, 5.41) is 10.6. The van der Waals surface area contributed by atoms with Crippen molar-refractivity contribution in [1.82, 2.24) is 14.8 Å². The highest BCUT2D eigenvalue weighted by atomic mass is 16.5. The molecule has 4 rings (SSSR count). The molecule has 0 spiro atoms. The number of methoxy groups -OCH3 is 1. The number of benzene rings is 2. The summed E-state index contributed by atoms with van der Waals surface area (Å²) in [5.74, 6) is 1.61. The number of nitrogens with zero attached hydrogens (tertiary/aromatic N) is 3. The van der Waals surface area contributed by atoms with Gasteiger partial charge in [-0.25, -0.2) is 4.68 Å². The third-order valence-corrected chi connectivity index (χ3v) is 5.47. The molecule has 2 heterocycles. The Morgan fingerprint density at radius 2 is 1.97 bits per heavy atom. The van der Waals surface area contributed by atoms with Crippen LogP contribution in [0.4, 0.5) is 11.6 Å². The number of amides is 1. The number of carbonyl (C=O) groups is 1. The summed E-state index contributed by atoms with van der Waals surface area (Å²) < 4.78 is 12.9. The second-order valence-electron chi connectivity index (χ2n) is 7.71. The lowest BCUT2D eigenvalue weighted by atomic mass is 9.94. The maximum Gasteiger partial charge on any atom is 0.255 e. The van der Waals surface area contributed by atoms with Gasteiger partial charge < -0.3 is 20.1 Å². The molecule has 1 aromatic heterocycles. The predicted octanol–water partition coefficient (Wildman–Crippen LogP) is 4.23. The number of aromatic nitrogens is 3. The average molecular weight is 434 g/mol. The number of carbonyl (C=O) groups excluding carboxylic acids is 1. The molecule has 2 aromatic carbocycles. The van der Waals surface area contributed by atoms with E-state index in [2.05, 4.69) is 20.7 Å². The Labute approximate surface area is 187 Å². The second-order valence-corrected chi connectivity index (χ2v) is 7.71. The number of aryl methyl sites for hydroxylation is 2. The molecule has 1 aliphatic rings. The van der Waals surface area contributed by atoms with Crippen LogP contribution >= 0.6 is 0 Å². The van der Waals surface area contributed by atoms with Gasteiger partial charge in [-0.05, 0) is 57.0 Å². The Hall–Kier alpha value is -3.81. The normalized spacial score (nSPS) is 15.1. The Kier molecular flexibility index (Phi) is 5.85. The molecule has 32 heavy (non-hydrogen) atoms. The van der Waals surface area contributed by atoms with Crippen LogP contribution in [0.2, 0.25) is 0 Å². The zero-order valence-corrected chi connectivity index (χ0v) is 18.9. The van der Waals surface area contributed by atoms with Crippen LogP contribution in [0.25, 0.3) is 0 Å². The minimum Gasteiger partial charge on any atom is -0.493 e. The summed E-state index contributed by atoms with van der Waals surface area (Å²) in [6.45, 7) is 8.32. The molecule has 0 bridgehead atoms. The van der Waals surface area contributed by atoms with Gasteiger partial charge in [-0.3, -0.25) is 4.79 Å². The lowest BCUT2D eigenvalue weighted by molar-refractivity contribution is -0.113. The number of rotatable bonds is 6. The first-order valence-electron chi connectivity index (χ1n) is 10.5. The van der Waals surface area contributed by atoms with Crippen molar-refractivity contribution in [3.05, 3.63) is 70.7 Å². The molecule has 2 N–H and O–H groups in total. The number of hydrogen-bond donors (Lipinski definition) is 2. The predicted molar refractivity (Wildman–Crippen MR) is 123 cm³/mol. The molecule has 166 valence electrons. The molecule has 1 unspecified atom stereocenters. The average Bonchev–Trinajstić information content (AvgIpc) is 3.23. The quantitative estimate of drug-likeness (QED) is 0.605. The number of hydrogen-bond acceptors (Lipinski definition) is 6. The molecular formula is C24H27N5O3. The molecule has 0 saturated heterocycles. The van der Waals surface area contributed by atoms with Gasteiger partial charge in [0, 0.05) is 11.4 Å². The third kappa shape index (κ3) is 3.91. The molecule has 3 aromatic rings. The second kappa shape index (κ2) is 8.74. The largest absolute Gasteiger partial charge is 0.493 e. The van der Waals surface area contributed by atoms with Gasteiger partial charge >= 0.3 is 0 Å². The molecular weight excluding hydrogens is 406 g/mol. The Balaban J connectivity index is 1.77. The van der Waals surface area contributed by atoms with Crippen molar-refractivity contribution in [2.75, 3.05) is 24.4 Å². The van der Waals surface area contributed by atoms with E-state index in [0.29, 0.717) is 35.3 Å². The van der Waals surface area contributed by atoms with E-state index in [1.54, 1.807) is 11.8 Å². The lowest BCUT2D eigenvalue weighted by Crippen LogP contribution is -2.31. The van der Waals surface area contributed by atoms with Gasteiger partial charge in [0.1, 0.15) is 12.4 Å². The lowest BCUT2D eigenvalue weighted by Gasteiger charge is -2.29. The first-order valence-corrected chi connectivity index (χ1v) is 10.5. The van der Waals surface area contributed by atoms with Gasteiger partial charge in [-0.15, -0.1) is 0 Å². The van der Waals surface area contributed by atoms with Crippen LogP contribution in [0, 0.1) is 13.8 Å². The van der Waals surface area contributed by atoms with Gasteiger partial charge in [0.25, 0.3) is 5.91 Å². The Bertz CT molecular complexity index is 1200. The fraction of sp³-hybridized carbons (Fsp3) is 0.292. The number of allylic oxidation sites excluding steroid dienone is 1. The monoisotopic (exact) mass is 433 g/mol. The zero-order valence-electron chi connectivity index (χ0n) is 18.9. The Morgan fingerprint density at radius 3 is 2.69 bits per heavy atom. The Morgan fingerprint density at radius 1 is 1.16 bits per heavy atom. The van der Waals surface area contributed by atoms with Crippen LogP contribution < -0.4 is 20.1 Å². The highest BCUT2D eigenvalue weighted by Gasteiger charge is 2.34. The van der Waals surface area contributed by atoms with E-state index in [0.717, 1.165) is 22.4 Å². The van der Waals surface area contributed by atoms with Crippen molar-refractivity contribution in [2.24, 2.45) is 0 Å². The molecule has 1 atom stereocenters. The number of nitrogens with one attached hydrogen (secondary N) is 2. The smallest absolute Gasteiger partial charge is 0.255 e. The molecule has 8 nitrogen and oxygen atoms in total. The van der Waals surface area contributed by atoms with Crippen LogP contribution in [-0.4, -0.2) is 34.4 Å². The summed E-state index contributed by atoms with van der Waals surface area (Å²) in [7, 11) is 1.60. The van der Waals surface area contributed by atoms with E-state index in [1.165, 1.54) is 6.33 Å². The standard InChI is InChI=1S/C24H27N5O3/c1-6-32-19-10-8-17(12-20(19)31-5)22-21(16(4)27-24-25-13-26-29(22)24)23(30)28-18-9-7-14(2)11-15(18)3/h7-13,22H,6H2,1-5H3,(H,28,30)(H,25,26,27). The van der Waals surface area contributed by atoms with E-state index in [9.17, 15) is 4.79 Å². The van der Waals surface area contributed by atoms with Crippen LogP contribution in [0.15, 0.2) is 54.0 Å². The number of fused-ring (bicyclic) bond motifs is 1.